The quantitative estimate of drug-likeness (QED) is 0.342. The molecule has 0 fully saturated rings. The van der Waals surface area contributed by atoms with Gasteiger partial charge in [0.1, 0.15) is 5.39 Å². The second-order valence-electron chi connectivity index (χ2n) is 7.75. The molecule has 4 aromatic rings. The summed E-state index contributed by atoms with van der Waals surface area (Å²) in [7, 11) is 0. The number of amides is 1. The molecule has 7 nitrogen and oxygen atoms in total. The maximum Gasteiger partial charge on any atom is 0.416 e. The highest BCUT2D eigenvalue weighted by molar-refractivity contribution is 7.99. The molecule has 0 radical (unpaired) electrons. The number of nitrogens with one attached hydrogen (secondary N) is 1. The zero-order chi connectivity index (χ0) is 24.9. The number of fused-ring (bicyclic) bond motifs is 2. The summed E-state index contributed by atoms with van der Waals surface area (Å²) in [5, 5.41) is 7.93. The molecule has 1 amide bonds. The van der Waals surface area contributed by atoms with Gasteiger partial charge in [-0.3, -0.25) is 14.2 Å². The van der Waals surface area contributed by atoms with Crippen LogP contribution in [0, 0.1) is 0 Å². The minimum absolute atomic E-state index is 0.0253. The molecule has 5 rings (SSSR count). The Morgan fingerprint density at radius 2 is 1.91 bits per heavy atom. The molecule has 2 aromatic heterocycles. The number of hydrogen-bond donors (Lipinski definition) is 1. The lowest BCUT2D eigenvalue weighted by Crippen LogP contribution is -2.27. The number of nitrogens with zero attached hydrogens (tertiary/aromatic N) is 4. The molecule has 0 spiro atoms. The highest BCUT2D eigenvalue weighted by Gasteiger charge is 2.32. The number of rotatable bonds is 4. The Labute approximate surface area is 209 Å². The van der Waals surface area contributed by atoms with Gasteiger partial charge < -0.3 is 5.32 Å². The first-order valence-electron chi connectivity index (χ1n) is 10.2. The van der Waals surface area contributed by atoms with Crippen LogP contribution in [-0.4, -0.2) is 31.0 Å². The average Bonchev–Trinajstić information content (AvgIpc) is 3.40. The van der Waals surface area contributed by atoms with E-state index < -0.39 is 23.7 Å². The molecule has 1 aliphatic heterocycles. The number of alkyl halides is 3. The van der Waals surface area contributed by atoms with Gasteiger partial charge >= 0.3 is 6.18 Å². The van der Waals surface area contributed by atoms with Crippen molar-refractivity contribution in [2.24, 2.45) is 0 Å². The van der Waals surface area contributed by atoms with Crippen molar-refractivity contribution in [1.29, 1.82) is 0 Å². The van der Waals surface area contributed by atoms with Crippen LogP contribution in [0.15, 0.2) is 58.6 Å². The summed E-state index contributed by atoms with van der Waals surface area (Å²) in [6.07, 6.45) is -3.31. The number of carbonyl (C=O) groups excluding carboxylic acids is 1. The SMILES string of the molecule is O=C(CC1CSc2nc3c(cnn3-c3ccc(Cl)cc3)c(=O)n21)Nc1cc(C(F)(F)F)ccc1Cl. The van der Waals surface area contributed by atoms with Gasteiger partial charge in [0.2, 0.25) is 5.91 Å². The fourth-order valence-electron chi connectivity index (χ4n) is 3.76. The first-order valence-corrected chi connectivity index (χ1v) is 11.9. The van der Waals surface area contributed by atoms with E-state index >= 15 is 0 Å². The maximum atomic E-state index is 13.2. The third kappa shape index (κ3) is 4.51. The fraction of sp³-hybridized carbons (Fsp3) is 0.182. The molecular weight excluding hydrogens is 526 g/mol. The van der Waals surface area contributed by atoms with Crippen molar-refractivity contribution in [2.45, 2.75) is 23.8 Å². The van der Waals surface area contributed by atoms with Gasteiger partial charge in [-0.2, -0.15) is 18.3 Å². The molecule has 0 bridgehead atoms. The van der Waals surface area contributed by atoms with E-state index in [-0.39, 0.29) is 28.1 Å². The molecular formula is C22H14Cl2F3N5O2S. The van der Waals surface area contributed by atoms with Crippen LogP contribution >= 0.6 is 35.0 Å². The van der Waals surface area contributed by atoms with E-state index in [1.54, 1.807) is 24.3 Å². The predicted molar refractivity (Wildman–Crippen MR) is 128 cm³/mol. The molecule has 180 valence electrons. The van der Waals surface area contributed by atoms with Gasteiger partial charge in [0.25, 0.3) is 5.56 Å². The number of halogens is 5. The molecule has 35 heavy (non-hydrogen) atoms. The van der Waals surface area contributed by atoms with E-state index in [1.165, 1.54) is 27.2 Å². The van der Waals surface area contributed by atoms with Crippen LogP contribution in [0.3, 0.4) is 0 Å². The smallest absolute Gasteiger partial charge is 0.325 e. The summed E-state index contributed by atoms with van der Waals surface area (Å²) in [5.41, 5.74) is -0.387. The number of anilines is 1. The van der Waals surface area contributed by atoms with Crippen molar-refractivity contribution < 1.29 is 18.0 Å². The first-order chi connectivity index (χ1) is 16.6. The van der Waals surface area contributed by atoms with Crippen LogP contribution in [0.5, 0.6) is 0 Å². The lowest BCUT2D eigenvalue weighted by atomic mass is 10.1. The van der Waals surface area contributed by atoms with Gasteiger partial charge in [-0.05, 0) is 42.5 Å². The van der Waals surface area contributed by atoms with Crippen LogP contribution in [0.2, 0.25) is 10.0 Å². The predicted octanol–water partition coefficient (Wildman–Crippen LogP) is 5.58. The third-order valence-corrected chi connectivity index (χ3v) is 7.11. The van der Waals surface area contributed by atoms with E-state index in [4.69, 9.17) is 23.2 Å². The fourth-order valence-corrected chi connectivity index (χ4v) is 5.19. The van der Waals surface area contributed by atoms with Crippen LogP contribution in [0.4, 0.5) is 18.9 Å². The van der Waals surface area contributed by atoms with Crippen molar-refractivity contribution in [2.75, 3.05) is 11.1 Å². The van der Waals surface area contributed by atoms with E-state index in [1.807, 2.05) is 0 Å². The molecule has 0 saturated heterocycles. The minimum atomic E-state index is -4.58. The van der Waals surface area contributed by atoms with Gasteiger partial charge in [-0.1, -0.05) is 35.0 Å². The highest BCUT2D eigenvalue weighted by Crippen LogP contribution is 2.36. The van der Waals surface area contributed by atoms with E-state index in [9.17, 15) is 22.8 Å². The Bertz CT molecular complexity index is 1520. The molecule has 0 saturated carbocycles. The highest BCUT2D eigenvalue weighted by atomic mass is 35.5. The van der Waals surface area contributed by atoms with Gasteiger partial charge in [0.15, 0.2) is 10.8 Å². The Kier molecular flexibility index (Phi) is 6.02. The molecule has 2 aromatic carbocycles. The summed E-state index contributed by atoms with van der Waals surface area (Å²) < 4.78 is 42.0. The third-order valence-electron chi connectivity index (χ3n) is 5.43. The Morgan fingerprint density at radius 1 is 1.17 bits per heavy atom. The minimum Gasteiger partial charge on any atom is -0.325 e. The van der Waals surface area contributed by atoms with Crippen molar-refractivity contribution >= 4 is 57.6 Å². The molecule has 1 atom stereocenters. The second-order valence-corrected chi connectivity index (χ2v) is 9.58. The number of carbonyl (C=O) groups is 1. The number of hydrogen-bond acceptors (Lipinski definition) is 5. The van der Waals surface area contributed by atoms with Gasteiger partial charge in [0, 0.05) is 17.2 Å². The summed E-state index contributed by atoms with van der Waals surface area (Å²) in [6.45, 7) is 0. The normalized spacial score (nSPS) is 15.4. The number of benzene rings is 2. The summed E-state index contributed by atoms with van der Waals surface area (Å²) in [4.78, 5) is 30.5. The van der Waals surface area contributed by atoms with Crippen LogP contribution in [0.25, 0.3) is 16.7 Å². The van der Waals surface area contributed by atoms with Crippen molar-refractivity contribution in [3.8, 4) is 5.69 Å². The summed E-state index contributed by atoms with van der Waals surface area (Å²) in [5.74, 6) is -0.180. The largest absolute Gasteiger partial charge is 0.416 e. The lowest BCUT2D eigenvalue weighted by Gasteiger charge is -2.15. The number of thioether (sulfide) groups is 1. The molecule has 0 aliphatic carbocycles. The van der Waals surface area contributed by atoms with Crippen LogP contribution < -0.4 is 10.9 Å². The van der Waals surface area contributed by atoms with Crippen LogP contribution in [-0.2, 0) is 11.0 Å². The van der Waals surface area contributed by atoms with Crippen molar-refractivity contribution in [1.82, 2.24) is 19.3 Å². The second kappa shape index (κ2) is 8.89. The van der Waals surface area contributed by atoms with Crippen molar-refractivity contribution in [3.63, 3.8) is 0 Å². The summed E-state index contributed by atoms with van der Waals surface area (Å²) in [6, 6.07) is 9.05. The Balaban J connectivity index is 1.41. The van der Waals surface area contributed by atoms with Gasteiger partial charge in [-0.15, -0.1) is 0 Å². The Morgan fingerprint density at radius 3 is 2.63 bits per heavy atom. The summed E-state index contributed by atoms with van der Waals surface area (Å²) >= 11 is 13.2. The first kappa shape index (κ1) is 23.7. The van der Waals surface area contributed by atoms with Gasteiger partial charge in [-0.25, -0.2) is 9.67 Å². The zero-order valence-electron chi connectivity index (χ0n) is 17.5. The van der Waals surface area contributed by atoms with Crippen LogP contribution in [0.1, 0.15) is 18.0 Å². The van der Waals surface area contributed by atoms with E-state index in [0.29, 0.717) is 27.3 Å². The van der Waals surface area contributed by atoms with E-state index in [0.717, 1.165) is 18.2 Å². The molecule has 1 unspecified atom stereocenters. The monoisotopic (exact) mass is 539 g/mol. The standard InChI is InChI=1S/C22H14Cl2F3N5O2S/c23-12-2-4-13(5-3-12)32-19-15(9-28-32)20(34)31-14(10-35-21(31)30-19)8-18(33)29-17-7-11(22(25,26)27)1-6-16(17)24/h1-7,9,14H,8,10H2,(H,29,33). The average molecular weight is 540 g/mol. The Hall–Kier alpha value is -3.02. The molecule has 1 N–H and O–H groups in total. The number of aromatic nitrogens is 4. The maximum absolute atomic E-state index is 13.2. The zero-order valence-corrected chi connectivity index (χ0v) is 19.8. The molecule has 13 heteroatoms. The van der Waals surface area contributed by atoms with E-state index in [2.05, 4.69) is 15.4 Å². The molecule has 3 heterocycles. The molecule has 1 aliphatic rings. The van der Waals surface area contributed by atoms with Crippen molar-refractivity contribution in [3.05, 3.63) is 74.6 Å². The van der Waals surface area contributed by atoms with Gasteiger partial charge in [0.05, 0.1) is 34.2 Å². The topological polar surface area (TPSA) is 81.8 Å². The lowest BCUT2D eigenvalue weighted by molar-refractivity contribution is -0.137.